The highest BCUT2D eigenvalue weighted by Crippen LogP contribution is 2.44. The van der Waals surface area contributed by atoms with Crippen LogP contribution in [0.2, 0.25) is 0 Å². The fraction of sp³-hybridized carbons (Fsp3) is 0.421. The van der Waals surface area contributed by atoms with Crippen LogP contribution in [0.25, 0.3) is 34.8 Å². The van der Waals surface area contributed by atoms with Crippen LogP contribution in [-0.4, -0.2) is 253 Å². The van der Waals surface area contributed by atoms with Gasteiger partial charge in [-0.15, -0.1) is 0 Å². The number of carbonyl (C=O) groups excluding carboxylic acids is 2. The summed E-state index contributed by atoms with van der Waals surface area (Å²) in [6.45, 7) is -3.25. The van der Waals surface area contributed by atoms with E-state index in [0.29, 0.717) is 0 Å². The Morgan fingerprint density at radius 2 is 1.00 bits per heavy atom. The molecule has 0 spiro atoms. The molecule has 3 aromatic rings. The van der Waals surface area contributed by atoms with Gasteiger partial charge in [-0.3, -0.25) is 4.79 Å². The summed E-state index contributed by atoms with van der Waals surface area (Å²) >= 11 is 0. The minimum Gasteiger partial charge on any atom is -0.508 e. The number of hydrogen-bond donors (Lipinski definition) is 17. The number of phenols is 4. The van der Waals surface area contributed by atoms with Gasteiger partial charge in [-0.1, -0.05) is 12.1 Å². The number of ether oxygens (including phenoxy) is 10. The topological polar surface area (TPSA) is 505 Å². The molecule has 5 heterocycles. The normalized spacial score (nSPS) is 32.6. The Morgan fingerprint density at radius 3 is 1.61 bits per heavy atom. The zero-order valence-corrected chi connectivity index (χ0v) is 45.5. The first-order chi connectivity index (χ1) is 41.9. The molecule has 31 nitrogen and oxygen atoms in total. The lowest BCUT2D eigenvalue weighted by Gasteiger charge is -2.45. The van der Waals surface area contributed by atoms with E-state index in [1.54, 1.807) is 0 Å². The molecule has 20 atom stereocenters. The quantitative estimate of drug-likeness (QED) is 0.0163. The van der Waals surface area contributed by atoms with Crippen molar-refractivity contribution in [2.75, 3.05) is 26.4 Å². The van der Waals surface area contributed by atoms with Gasteiger partial charge >= 0.3 is 11.9 Å². The van der Waals surface area contributed by atoms with Crippen molar-refractivity contribution < 1.29 is 148 Å². The zero-order valence-electron chi connectivity index (χ0n) is 45.5. The zero-order chi connectivity index (χ0) is 63.4. The maximum atomic E-state index is 13.2. The maximum Gasteiger partial charge on any atom is 0.510 e. The first-order valence-electron chi connectivity index (χ1n) is 26.9. The summed E-state index contributed by atoms with van der Waals surface area (Å²) in [7, 11) is 0. The average molecular weight is 1240 g/mol. The first-order valence-corrected chi connectivity index (χ1v) is 26.9. The van der Waals surface area contributed by atoms with Crippen LogP contribution < -0.4 is 19.6 Å². The van der Waals surface area contributed by atoms with Crippen LogP contribution >= 0.6 is 0 Å². The molecule has 6 aliphatic rings. The van der Waals surface area contributed by atoms with Crippen molar-refractivity contribution in [3.63, 3.8) is 0 Å². The van der Waals surface area contributed by atoms with Gasteiger partial charge in [-0.25, -0.2) is 4.79 Å². The number of rotatable bonds is 19. The maximum absolute atomic E-state index is 13.2. The van der Waals surface area contributed by atoms with Gasteiger partial charge in [0.2, 0.25) is 25.5 Å². The molecule has 0 bridgehead atoms. The smallest absolute Gasteiger partial charge is 0.508 e. The molecule has 4 saturated heterocycles. The number of aliphatic hydroxyl groups is 13. The fourth-order valence-corrected chi connectivity index (χ4v) is 9.60. The molecule has 4 fully saturated rings. The molecule has 0 saturated carbocycles. The molecule has 5 aliphatic heterocycles. The number of aliphatic hydroxyl groups excluding tert-OH is 13. The van der Waals surface area contributed by atoms with Gasteiger partial charge < -0.3 is 143 Å². The number of benzene rings is 4. The van der Waals surface area contributed by atoms with E-state index < -0.39 is 195 Å². The molecule has 3 aromatic carbocycles. The van der Waals surface area contributed by atoms with Gasteiger partial charge in [0.1, 0.15) is 109 Å². The van der Waals surface area contributed by atoms with Crippen LogP contribution in [0.5, 0.6) is 40.2 Å². The summed E-state index contributed by atoms with van der Waals surface area (Å²) in [6, 6.07) is 15.7. The SMILES string of the molecule is O=C(C=Cc1ccc(O)c(O[C@@H]2O[C@H](CO)[C@@H](O)[C@H](O)[C@H]2O)c1)OC[C@H]1O[C@@H](O[C@H]2[C@H](Oc3cc4c(O[C@@H]5O[C@H](CO)[C@@H](O)[C@H](O)[C@H]5O)cc(=O)cc-4oc3-c3ccc(O)cc3)O[C@H](COC(=[OH+])C=Cc3ccc(O)c(O)c3)[C@@H](O)[C@@H]2O)[C@H](O)[C@@H](O)[C@@H]1O. The number of carbonyl (C=O) groups is 1. The van der Waals surface area contributed by atoms with Crippen LogP contribution in [-0.2, 0) is 38.0 Å². The third-order valence-electron chi connectivity index (χ3n) is 14.5. The standard InChI is InChI=1S/C57H62O31/c58-18-35-41(67)45(71)49(75)54(84-35)81-32-16-26(61)15-31-27(32)17-34(52(80-31)24-5-7-25(60)8-6-24)83-57-53(48(74)44(70)38(87-57)21-79-39(65)11-3-22-1-9-28(62)30(64)13-22)88-56-51(77)47(73)43(69)37(86-56)20-78-40(66)12-4-23-2-10-29(63)33(14-23)82-55-50(76)46(72)42(68)36(19-59)85-55/h1-17,35-38,41-51,53-60,62-64,67-77H,18-21H2/p+1/t35-,36-,37-,38-,41-,42-,43-,44-,45+,46+,47+,48+,49-,50-,51-,53-,54-,55-,56+,57-/m1/s1. The van der Waals surface area contributed by atoms with E-state index in [4.69, 9.17) is 51.8 Å². The average Bonchev–Trinajstić information content (AvgIpc) is 3.53. The summed E-state index contributed by atoms with van der Waals surface area (Å²) in [5.41, 5.74) is -0.288. The minimum atomic E-state index is -2.19. The number of aromatic hydroxyl groups is 4. The van der Waals surface area contributed by atoms with Crippen LogP contribution in [0, 0.1) is 0 Å². The van der Waals surface area contributed by atoms with Crippen molar-refractivity contribution in [2.24, 2.45) is 0 Å². The molecule has 0 unspecified atom stereocenters. The molecule has 18 N–H and O–H groups in total. The third kappa shape index (κ3) is 14.4. The lowest BCUT2D eigenvalue weighted by molar-refractivity contribution is -0.357. The van der Waals surface area contributed by atoms with Crippen molar-refractivity contribution in [3.8, 4) is 62.9 Å². The highest BCUT2D eigenvalue weighted by Gasteiger charge is 2.53. The predicted molar refractivity (Wildman–Crippen MR) is 290 cm³/mol. The van der Waals surface area contributed by atoms with Crippen molar-refractivity contribution in [2.45, 2.75) is 123 Å². The highest BCUT2D eigenvalue weighted by molar-refractivity contribution is 5.88. The molecule has 9 rings (SSSR count). The van der Waals surface area contributed by atoms with Crippen molar-refractivity contribution in [1.29, 1.82) is 0 Å². The van der Waals surface area contributed by atoms with E-state index in [1.165, 1.54) is 66.7 Å². The Hall–Kier alpha value is -7.61. The molecule has 31 heteroatoms. The van der Waals surface area contributed by atoms with E-state index in [2.05, 4.69) is 0 Å². The van der Waals surface area contributed by atoms with E-state index in [1.807, 2.05) is 0 Å². The number of phenolic OH excluding ortho intramolecular Hbond substituents is 4. The number of fused-ring (bicyclic) bond motifs is 1. The van der Waals surface area contributed by atoms with Crippen molar-refractivity contribution in [3.05, 3.63) is 112 Å². The van der Waals surface area contributed by atoms with Crippen LogP contribution in [0.15, 0.2) is 100 Å². The molecular formula is C57H63O31+. The van der Waals surface area contributed by atoms with Crippen LogP contribution in [0.4, 0.5) is 0 Å². The number of esters is 2. The summed E-state index contributed by atoms with van der Waals surface area (Å²) in [5.74, 6) is -5.10. The van der Waals surface area contributed by atoms with Crippen LogP contribution in [0.1, 0.15) is 11.1 Å². The lowest BCUT2D eigenvalue weighted by Crippen LogP contribution is -2.65. The predicted octanol–water partition coefficient (Wildman–Crippen LogP) is -3.90. The van der Waals surface area contributed by atoms with Crippen molar-refractivity contribution >= 4 is 24.1 Å². The van der Waals surface area contributed by atoms with Gasteiger partial charge in [0.15, 0.2) is 58.4 Å². The Bertz CT molecular complexity index is 3290. The number of hydrogen-bond acceptors (Lipinski definition) is 30. The summed E-state index contributed by atoms with van der Waals surface area (Å²) in [4.78, 5) is 37.0. The van der Waals surface area contributed by atoms with Gasteiger partial charge in [0.25, 0.3) is 0 Å². The molecule has 476 valence electrons. The minimum absolute atomic E-state index is 0.133. The second kappa shape index (κ2) is 27.8. The first kappa shape index (κ1) is 64.9. The van der Waals surface area contributed by atoms with Gasteiger partial charge in [0.05, 0.1) is 24.9 Å². The molecule has 0 aromatic heterocycles. The molecule has 1 aliphatic carbocycles. The van der Waals surface area contributed by atoms with E-state index in [0.717, 1.165) is 36.4 Å². The second-order valence-corrected chi connectivity index (χ2v) is 20.6. The Morgan fingerprint density at radius 1 is 0.489 bits per heavy atom. The van der Waals surface area contributed by atoms with E-state index in [9.17, 15) is 101 Å². The second-order valence-electron chi connectivity index (χ2n) is 20.6. The van der Waals surface area contributed by atoms with Crippen LogP contribution in [0.3, 0.4) is 0 Å². The molecule has 0 amide bonds. The molecular weight excluding hydrogens is 1180 g/mol. The summed E-state index contributed by atoms with van der Waals surface area (Å²) < 4.78 is 63.7. The van der Waals surface area contributed by atoms with E-state index >= 15 is 0 Å². The van der Waals surface area contributed by atoms with Gasteiger partial charge in [0, 0.05) is 23.8 Å². The van der Waals surface area contributed by atoms with Crippen molar-refractivity contribution in [1.82, 2.24) is 0 Å². The monoisotopic (exact) mass is 1240 g/mol. The Labute approximate surface area is 495 Å². The largest absolute Gasteiger partial charge is 0.510 e. The Kier molecular flexibility index (Phi) is 20.5. The lowest BCUT2D eigenvalue weighted by atomic mass is 9.97. The molecule has 88 heavy (non-hydrogen) atoms. The summed E-state index contributed by atoms with van der Waals surface area (Å²) in [6.07, 6.45) is -33.2. The Balaban J connectivity index is 0.983. The van der Waals surface area contributed by atoms with Gasteiger partial charge in [-0.05, 0) is 77.9 Å². The molecule has 0 radical (unpaired) electrons. The van der Waals surface area contributed by atoms with Gasteiger partial charge in [-0.2, -0.15) is 0 Å². The fourth-order valence-electron chi connectivity index (χ4n) is 9.60. The highest BCUT2D eigenvalue weighted by atomic mass is 16.8. The van der Waals surface area contributed by atoms with E-state index in [-0.39, 0.29) is 45.3 Å². The third-order valence-corrected chi connectivity index (χ3v) is 14.5. The summed E-state index contributed by atoms with van der Waals surface area (Å²) in [5, 5.41) is 179.